The van der Waals surface area contributed by atoms with Gasteiger partial charge in [-0.1, -0.05) is 32.0 Å². The summed E-state index contributed by atoms with van der Waals surface area (Å²) >= 11 is 0. The summed E-state index contributed by atoms with van der Waals surface area (Å²) in [5.41, 5.74) is 1.36. The Kier molecular flexibility index (Phi) is 4.83. The number of hydrogen-bond acceptors (Lipinski definition) is 3. The van der Waals surface area contributed by atoms with E-state index in [9.17, 15) is 9.59 Å². The standard InChI is InChI=1S/C18H24N4O2/c1-12(2)17(23)19-10-13-6-5-9-22(11-13)18(24)16-14-7-3-4-8-15(14)20-21-16/h3-4,7-8,12-13H,5-6,9-11H2,1-2H3,(H,19,23)(H,20,21)/t13-/m0/s1. The third-order valence-corrected chi connectivity index (χ3v) is 4.57. The normalized spacial score (nSPS) is 18.1. The molecule has 6 nitrogen and oxygen atoms in total. The maximum atomic E-state index is 12.8. The largest absolute Gasteiger partial charge is 0.356 e. The van der Waals surface area contributed by atoms with E-state index in [0.29, 0.717) is 24.7 Å². The number of rotatable bonds is 4. The van der Waals surface area contributed by atoms with Crippen molar-refractivity contribution in [2.75, 3.05) is 19.6 Å². The number of H-pyrrole nitrogens is 1. The molecule has 128 valence electrons. The summed E-state index contributed by atoms with van der Waals surface area (Å²) in [5.74, 6) is 0.321. The van der Waals surface area contributed by atoms with Crippen LogP contribution in [0.1, 0.15) is 37.2 Å². The van der Waals surface area contributed by atoms with Crippen LogP contribution in [0.5, 0.6) is 0 Å². The van der Waals surface area contributed by atoms with Crippen LogP contribution in [0.2, 0.25) is 0 Å². The highest BCUT2D eigenvalue weighted by atomic mass is 16.2. The van der Waals surface area contributed by atoms with Crippen LogP contribution in [-0.4, -0.2) is 46.5 Å². The first-order valence-corrected chi connectivity index (χ1v) is 8.56. The molecule has 1 atom stereocenters. The van der Waals surface area contributed by atoms with Gasteiger partial charge in [0.1, 0.15) is 0 Å². The van der Waals surface area contributed by atoms with Gasteiger partial charge in [0.25, 0.3) is 5.91 Å². The van der Waals surface area contributed by atoms with Crippen molar-refractivity contribution in [2.45, 2.75) is 26.7 Å². The van der Waals surface area contributed by atoms with E-state index in [0.717, 1.165) is 30.3 Å². The predicted octanol–water partition coefficient (Wildman–Crippen LogP) is 2.19. The molecule has 2 aromatic rings. The van der Waals surface area contributed by atoms with Gasteiger partial charge in [0.05, 0.1) is 5.52 Å². The van der Waals surface area contributed by atoms with Crippen LogP contribution in [0.25, 0.3) is 10.9 Å². The highest BCUT2D eigenvalue weighted by Crippen LogP contribution is 2.21. The highest BCUT2D eigenvalue weighted by molar-refractivity contribution is 6.04. The molecule has 0 unspecified atom stereocenters. The van der Waals surface area contributed by atoms with Crippen molar-refractivity contribution < 1.29 is 9.59 Å². The molecule has 1 aliphatic rings. The van der Waals surface area contributed by atoms with Gasteiger partial charge in [0, 0.05) is 30.9 Å². The number of piperidine rings is 1. The van der Waals surface area contributed by atoms with Gasteiger partial charge >= 0.3 is 0 Å². The lowest BCUT2D eigenvalue weighted by Crippen LogP contribution is -2.44. The van der Waals surface area contributed by atoms with Crippen LogP contribution in [0.15, 0.2) is 24.3 Å². The number of likely N-dealkylation sites (tertiary alicyclic amines) is 1. The number of fused-ring (bicyclic) bond motifs is 1. The van der Waals surface area contributed by atoms with Crippen molar-refractivity contribution in [1.29, 1.82) is 0 Å². The molecule has 1 aromatic heterocycles. The molecule has 0 radical (unpaired) electrons. The van der Waals surface area contributed by atoms with Crippen molar-refractivity contribution in [3.05, 3.63) is 30.0 Å². The molecule has 1 fully saturated rings. The van der Waals surface area contributed by atoms with Gasteiger partial charge in [-0.25, -0.2) is 0 Å². The minimum atomic E-state index is -0.0349. The zero-order chi connectivity index (χ0) is 17.1. The quantitative estimate of drug-likeness (QED) is 0.903. The van der Waals surface area contributed by atoms with E-state index in [-0.39, 0.29) is 17.7 Å². The number of aromatic amines is 1. The van der Waals surface area contributed by atoms with Crippen molar-refractivity contribution in [3.8, 4) is 0 Å². The fourth-order valence-corrected chi connectivity index (χ4v) is 3.14. The van der Waals surface area contributed by atoms with Crippen LogP contribution in [0, 0.1) is 11.8 Å². The summed E-state index contributed by atoms with van der Waals surface area (Å²) in [5, 5.41) is 11.0. The Balaban J connectivity index is 1.66. The molecular weight excluding hydrogens is 304 g/mol. The van der Waals surface area contributed by atoms with Crippen LogP contribution < -0.4 is 5.32 Å². The number of para-hydroxylation sites is 1. The molecule has 0 aliphatic carbocycles. The second kappa shape index (κ2) is 7.03. The number of aromatic nitrogens is 2. The topological polar surface area (TPSA) is 78.1 Å². The van der Waals surface area contributed by atoms with Crippen LogP contribution in [0.4, 0.5) is 0 Å². The number of amides is 2. The second-order valence-corrected chi connectivity index (χ2v) is 6.78. The Hall–Kier alpha value is -2.37. The predicted molar refractivity (Wildman–Crippen MR) is 92.6 cm³/mol. The second-order valence-electron chi connectivity index (χ2n) is 6.78. The van der Waals surface area contributed by atoms with Crippen molar-refractivity contribution in [1.82, 2.24) is 20.4 Å². The van der Waals surface area contributed by atoms with E-state index < -0.39 is 0 Å². The fraction of sp³-hybridized carbons (Fsp3) is 0.500. The molecule has 3 rings (SSSR count). The zero-order valence-corrected chi connectivity index (χ0v) is 14.2. The first-order chi connectivity index (χ1) is 11.6. The van der Waals surface area contributed by atoms with Gasteiger partial charge in [-0.3, -0.25) is 14.7 Å². The maximum Gasteiger partial charge on any atom is 0.275 e. The van der Waals surface area contributed by atoms with E-state index in [2.05, 4.69) is 15.5 Å². The van der Waals surface area contributed by atoms with Crippen molar-refractivity contribution in [3.63, 3.8) is 0 Å². The summed E-state index contributed by atoms with van der Waals surface area (Å²) in [6, 6.07) is 7.66. The molecule has 1 saturated heterocycles. The number of nitrogens with zero attached hydrogens (tertiary/aromatic N) is 2. The van der Waals surface area contributed by atoms with E-state index in [1.165, 1.54) is 0 Å². The molecule has 2 heterocycles. The third-order valence-electron chi connectivity index (χ3n) is 4.57. The number of carbonyl (C=O) groups excluding carboxylic acids is 2. The summed E-state index contributed by atoms with van der Waals surface area (Å²) < 4.78 is 0. The zero-order valence-electron chi connectivity index (χ0n) is 14.2. The summed E-state index contributed by atoms with van der Waals surface area (Å²) in [4.78, 5) is 26.4. The molecule has 1 aromatic carbocycles. The number of carbonyl (C=O) groups is 2. The average molecular weight is 328 g/mol. The number of hydrogen-bond donors (Lipinski definition) is 2. The molecule has 1 aliphatic heterocycles. The van der Waals surface area contributed by atoms with Gasteiger partial charge in [-0.05, 0) is 24.8 Å². The average Bonchev–Trinajstić information content (AvgIpc) is 3.03. The molecule has 0 spiro atoms. The third kappa shape index (κ3) is 3.42. The minimum Gasteiger partial charge on any atom is -0.356 e. The molecule has 0 saturated carbocycles. The van der Waals surface area contributed by atoms with Gasteiger partial charge < -0.3 is 10.2 Å². The number of nitrogens with one attached hydrogen (secondary N) is 2. The molecule has 2 N–H and O–H groups in total. The molecule has 0 bridgehead atoms. The van der Waals surface area contributed by atoms with Crippen LogP contribution in [-0.2, 0) is 4.79 Å². The molecule has 2 amide bonds. The maximum absolute atomic E-state index is 12.8. The lowest BCUT2D eigenvalue weighted by atomic mass is 9.97. The van der Waals surface area contributed by atoms with Gasteiger partial charge in [0.15, 0.2) is 5.69 Å². The van der Waals surface area contributed by atoms with E-state index in [4.69, 9.17) is 0 Å². The Morgan fingerprint density at radius 3 is 2.96 bits per heavy atom. The Bertz CT molecular complexity index is 737. The highest BCUT2D eigenvalue weighted by Gasteiger charge is 2.27. The van der Waals surface area contributed by atoms with E-state index in [1.54, 1.807) is 0 Å². The minimum absolute atomic E-state index is 0.0123. The van der Waals surface area contributed by atoms with Gasteiger partial charge in [-0.15, -0.1) is 0 Å². The first kappa shape index (κ1) is 16.5. The van der Waals surface area contributed by atoms with E-state index >= 15 is 0 Å². The summed E-state index contributed by atoms with van der Waals surface area (Å²) in [6.45, 7) is 5.80. The smallest absolute Gasteiger partial charge is 0.275 e. The number of benzene rings is 1. The Morgan fingerprint density at radius 1 is 1.38 bits per heavy atom. The van der Waals surface area contributed by atoms with Crippen LogP contribution >= 0.6 is 0 Å². The molecule has 24 heavy (non-hydrogen) atoms. The summed E-state index contributed by atoms with van der Waals surface area (Å²) in [7, 11) is 0. The van der Waals surface area contributed by atoms with Gasteiger partial charge in [0.2, 0.25) is 5.91 Å². The Labute approximate surface area is 141 Å². The van der Waals surface area contributed by atoms with Crippen molar-refractivity contribution >= 4 is 22.7 Å². The Morgan fingerprint density at radius 2 is 2.17 bits per heavy atom. The summed E-state index contributed by atoms with van der Waals surface area (Å²) in [6.07, 6.45) is 1.99. The molecule has 6 heteroatoms. The van der Waals surface area contributed by atoms with Crippen LogP contribution in [0.3, 0.4) is 0 Å². The lowest BCUT2D eigenvalue weighted by molar-refractivity contribution is -0.124. The lowest BCUT2D eigenvalue weighted by Gasteiger charge is -2.32. The van der Waals surface area contributed by atoms with Crippen molar-refractivity contribution in [2.24, 2.45) is 11.8 Å². The molecular formula is C18H24N4O2. The fourth-order valence-electron chi connectivity index (χ4n) is 3.14. The SMILES string of the molecule is CC(C)C(=O)NC[C@@H]1CCCN(C(=O)c2n[nH]c3ccccc23)C1. The van der Waals surface area contributed by atoms with Gasteiger partial charge in [-0.2, -0.15) is 5.10 Å². The van der Waals surface area contributed by atoms with E-state index in [1.807, 2.05) is 43.0 Å². The first-order valence-electron chi connectivity index (χ1n) is 8.56. The monoisotopic (exact) mass is 328 g/mol.